The molecule has 2 rings (SSSR count). The second-order valence-corrected chi connectivity index (χ2v) is 4.14. The van der Waals surface area contributed by atoms with Crippen molar-refractivity contribution in [3.8, 4) is 0 Å². The van der Waals surface area contributed by atoms with Crippen molar-refractivity contribution in [2.45, 2.75) is 6.61 Å². The zero-order valence-electron chi connectivity index (χ0n) is 8.81. The Labute approximate surface area is 106 Å². The molecule has 0 atom stereocenters. The third kappa shape index (κ3) is 2.75. The molecule has 2 aromatic rings. The lowest BCUT2D eigenvalue weighted by molar-refractivity contribution is 0.102. The van der Waals surface area contributed by atoms with E-state index in [4.69, 9.17) is 9.52 Å². The molecule has 0 aliphatic carbocycles. The number of furan rings is 1. The zero-order chi connectivity index (χ0) is 12.3. The predicted molar refractivity (Wildman–Crippen MR) is 66.7 cm³/mol. The van der Waals surface area contributed by atoms with Gasteiger partial charge in [0.2, 0.25) is 0 Å². The summed E-state index contributed by atoms with van der Waals surface area (Å²) in [5.41, 5.74) is 1.91. The number of benzene rings is 1. The van der Waals surface area contributed by atoms with Gasteiger partial charge in [-0.3, -0.25) is 4.79 Å². The summed E-state index contributed by atoms with van der Waals surface area (Å²) in [6, 6.07) is 8.55. The number of hydrogen-bond donors (Lipinski definition) is 2. The molecule has 1 heterocycles. The van der Waals surface area contributed by atoms with E-state index < -0.39 is 0 Å². The summed E-state index contributed by atoms with van der Waals surface area (Å²) >= 11 is 3.14. The van der Waals surface area contributed by atoms with Crippen molar-refractivity contribution < 1.29 is 14.3 Å². The standard InChI is InChI=1S/C12H10BrNO3/c13-11-10(5-6-17-11)12(16)14-9-3-1-8(7-15)2-4-9/h1-6,15H,7H2,(H,14,16). The van der Waals surface area contributed by atoms with Crippen molar-refractivity contribution in [3.05, 3.63) is 52.4 Å². The molecule has 88 valence electrons. The van der Waals surface area contributed by atoms with Crippen LogP contribution in [0.5, 0.6) is 0 Å². The molecular weight excluding hydrogens is 286 g/mol. The van der Waals surface area contributed by atoms with Crippen LogP contribution in [-0.4, -0.2) is 11.0 Å². The average Bonchev–Trinajstić information content (AvgIpc) is 2.76. The molecule has 0 unspecified atom stereocenters. The maximum absolute atomic E-state index is 11.8. The van der Waals surface area contributed by atoms with Gasteiger partial charge in [-0.25, -0.2) is 0 Å². The van der Waals surface area contributed by atoms with Crippen LogP contribution in [0.15, 0.2) is 45.7 Å². The molecule has 0 bridgehead atoms. The molecule has 0 radical (unpaired) electrons. The van der Waals surface area contributed by atoms with Gasteiger partial charge in [-0.05, 0) is 39.7 Å². The third-order valence-corrected chi connectivity index (χ3v) is 2.87. The lowest BCUT2D eigenvalue weighted by atomic mass is 10.2. The van der Waals surface area contributed by atoms with Gasteiger partial charge < -0.3 is 14.8 Å². The number of aliphatic hydroxyl groups is 1. The summed E-state index contributed by atoms with van der Waals surface area (Å²) in [6.45, 7) is -0.0124. The summed E-state index contributed by atoms with van der Waals surface area (Å²) in [5, 5.41) is 11.6. The fraction of sp³-hybridized carbons (Fsp3) is 0.0833. The minimum atomic E-state index is -0.248. The predicted octanol–water partition coefficient (Wildman–Crippen LogP) is 2.79. The second kappa shape index (κ2) is 5.16. The maximum atomic E-state index is 11.8. The van der Waals surface area contributed by atoms with Gasteiger partial charge in [0.15, 0.2) is 4.67 Å². The Hall–Kier alpha value is -1.59. The molecule has 17 heavy (non-hydrogen) atoms. The van der Waals surface area contributed by atoms with Gasteiger partial charge in [0.05, 0.1) is 18.4 Å². The number of halogens is 1. The number of anilines is 1. The Morgan fingerprint density at radius 3 is 2.53 bits per heavy atom. The van der Waals surface area contributed by atoms with Crippen molar-refractivity contribution >= 4 is 27.5 Å². The van der Waals surface area contributed by atoms with Crippen LogP contribution in [0, 0.1) is 0 Å². The highest BCUT2D eigenvalue weighted by molar-refractivity contribution is 9.10. The molecule has 4 nitrogen and oxygen atoms in total. The fourth-order valence-corrected chi connectivity index (χ4v) is 1.77. The molecule has 0 aliphatic heterocycles. The molecule has 0 fully saturated rings. The number of carbonyl (C=O) groups is 1. The van der Waals surface area contributed by atoms with Crippen LogP contribution in [0.1, 0.15) is 15.9 Å². The van der Waals surface area contributed by atoms with Crippen molar-refractivity contribution in [2.75, 3.05) is 5.32 Å². The maximum Gasteiger partial charge on any atom is 0.260 e. The second-order valence-electron chi connectivity index (χ2n) is 3.42. The van der Waals surface area contributed by atoms with E-state index in [0.29, 0.717) is 15.9 Å². The number of hydrogen-bond acceptors (Lipinski definition) is 3. The van der Waals surface area contributed by atoms with Crippen LogP contribution in [0.3, 0.4) is 0 Å². The van der Waals surface area contributed by atoms with Crippen LogP contribution in [0.2, 0.25) is 0 Å². The summed E-state index contributed by atoms with van der Waals surface area (Å²) in [6.07, 6.45) is 1.44. The summed E-state index contributed by atoms with van der Waals surface area (Å²) in [5.74, 6) is -0.248. The van der Waals surface area contributed by atoms with Crippen molar-refractivity contribution in [1.82, 2.24) is 0 Å². The van der Waals surface area contributed by atoms with Gasteiger partial charge in [0.1, 0.15) is 0 Å². The van der Waals surface area contributed by atoms with Gasteiger partial charge in [0, 0.05) is 5.69 Å². The average molecular weight is 296 g/mol. The lowest BCUT2D eigenvalue weighted by Gasteiger charge is -2.04. The lowest BCUT2D eigenvalue weighted by Crippen LogP contribution is -2.11. The minimum absolute atomic E-state index is 0.0124. The van der Waals surface area contributed by atoms with E-state index in [0.717, 1.165) is 5.56 Å². The number of nitrogens with one attached hydrogen (secondary N) is 1. The van der Waals surface area contributed by atoms with Gasteiger partial charge in [0.25, 0.3) is 5.91 Å². The van der Waals surface area contributed by atoms with Crippen LogP contribution >= 0.6 is 15.9 Å². The molecule has 0 saturated carbocycles. The van der Waals surface area contributed by atoms with Gasteiger partial charge in [-0.1, -0.05) is 12.1 Å². The van der Waals surface area contributed by atoms with Gasteiger partial charge >= 0.3 is 0 Å². The Morgan fingerprint density at radius 1 is 1.29 bits per heavy atom. The first kappa shape index (κ1) is 11.9. The van der Waals surface area contributed by atoms with E-state index in [2.05, 4.69) is 21.2 Å². The van der Waals surface area contributed by atoms with Gasteiger partial charge in [-0.15, -0.1) is 0 Å². The van der Waals surface area contributed by atoms with E-state index in [9.17, 15) is 4.79 Å². The smallest absolute Gasteiger partial charge is 0.260 e. The number of rotatable bonds is 3. The fourth-order valence-electron chi connectivity index (χ4n) is 1.35. The molecule has 1 aromatic carbocycles. The Morgan fingerprint density at radius 2 is 2.00 bits per heavy atom. The number of aliphatic hydroxyl groups excluding tert-OH is 1. The molecule has 0 spiro atoms. The van der Waals surface area contributed by atoms with Crippen molar-refractivity contribution in [3.63, 3.8) is 0 Å². The van der Waals surface area contributed by atoms with Crippen LogP contribution < -0.4 is 5.32 Å². The van der Waals surface area contributed by atoms with Crippen LogP contribution in [0.4, 0.5) is 5.69 Å². The SMILES string of the molecule is O=C(Nc1ccc(CO)cc1)c1ccoc1Br. The quantitative estimate of drug-likeness (QED) is 0.915. The highest BCUT2D eigenvalue weighted by Gasteiger charge is 2.12. The Kier molecular flexibility index (Phi) is 3.61. The van der Waals surface area contributed by atoms with E-state index in [1.54, 1.807) is 30.3 Å². The molecule has 1 aromatic heterocycles. The highest BCUT2D eigenvalue weighted by Crippen LogP contribution is 2.19. The third-order valence-electron chi connectivity index (χ3n) is 2.26. The highest BCUT2D eigenvalue weighted by atomic mass is 79.9. The van der Waals surface area contributed by atoms with Crippen molar-refractivity contribution in [2.24, 2.45) is 0 Å². The monoisotopic (exact) mass is 295 g/mol. The summed E-state index contributed by atoms with van der Waals surface area (Å²) in [7, 11) is 0. The molecule has 0 saturated heterocycles. The number of carbonyl (C=O) groups excluding carboxylic acids is 1. The molecule has 1 amide bonds. The number of amides is 1. The minimum Gasteiger partial charge on any atom is -0.457 e. The zero-order valence-corrected chi connectivity index (χ0v) is 10.4. The first-order valence-corrected chi connectivity index (χ1v) is 5.74. The first-order chi connectivity index (χ1) is 8.20. The normalized spacial score (nSPS) is 10.2. The van der Waals surface area contributed by atoms with Crippen LogP contribution in [-0.2, 0) is 6.61 Å². The Balaban J connectivity index is 2.10. The first-order valence-electron chi connectivity index (χ1n) is 4.95. The van der Waals surface area contributed by atoms with E-state index in [1.165, 1.54) is 6.26 Å². The molecule has 5 heteroatoms. The summed E-state index contributed by atoms with van der Waals surface area (Å²) < 4.78 is 5.39. The Bertz CT molecular complexity index is 519. The van der Waals surface area contributed by atoms with E-state index >= 15 is 0 Å². The van der Waals surface area contributed by atoms with Crippen molar-refractivity contribution in [1.29, 1.82) is 0 Å². The molecular formula is C12H10BrNO3. The van der Waals surface area contributed by atoms with Gasteiger partial charge in [-0.2, -0.15) is 0 Å². The topological polar surface area (TPSA) is 62.5 Å². The van der Waals surface area contributed by atoms with Crippen LogP contribution in [0.25, 0.3) is 0 Å². The van der Waals surface area contributed by atoms with E-state index in [-0.39, 0.29) is 12.5 Å². The summed E-state index contributed by atoms with van der Waals surface area (Å²) in [4.78, 5) is 11.8. The van der Waals surface area contributed by atoms with E-state index in [1.807, 2.05) is 0 Å². The molecule has 2 N–H and O–H groups in total. The largest absolute Gasteiger partial charge is 0.457 e. The molecule has 0 aliphatic rings.